The highest BCUT2D eigenvalue weighted by Gasteiger charge is 2.52. The first-order chi connectivity index (χ1) is 10.9. The van der Waals surface area contributed by atoms with Crippen LogP contribution in [-0.4, -0.2) is 28.9 Å². The number of carbonyl (C=O) groups excluding carboxylic acids is 3. The third-order valence-electron chi connectivity index (χ3n) is 4.35. The lowest BCUT2D eigenvalue weighted by atomic mass is 9.82. The molecule has 1 N–H and O–H groups in total. The van der Waals surface area contributed by atoms with Crippen LogP contribution in [0.5, 0.6) is 0 Å². The van der Waals surface area contributed by atoms with Crippen LogP contribution in [0.1, 0.15) is 72.6 Å². The van der Waals surface area contributed by atoms with Gasteiger partial charge in [0.1, 0.15) is 0 Å². The molecule has 1 heterocycles. The van der Waals surface area contributed by atoms with E-state index in [1.165, 1.54) is 12.8 Å². The third kappa shape index (κ3) is 4.62. The van der Waals surface area contributed by atoms with E-state index < -0.39 is 23.2 Å². The molecule has 0 radical (unpaired) electrons. The first-order valence-electron chi connectivity index (χ1n) is 8.48. The maximum absolute atomic E-state index is 12.1. The molecule has 0 aromatic carbocycles. The largest absolute Gasteiger partial charge is 0.366 e. The molecule has 0 spiro atoms. The van der Waals surface area contributed by atoms with E-state index in [0.717, 1.165) is 19.3 Å². The highest BCUT2D eigenvalue weighted by molar-refractivity contribution is 6.37. The zero-order chi connectivity index (χ0) is 17.5. The van der Waals surface area contributed by atoms with E-state index in [9.17, 15) is 14.4 Å². The molecule has 6 heteroatoms. The summed E-state index contributed by atoms with van der Waals surface area (Å²) >= 11 is 0. The Balaban J connectivity index is 2.52. The molecule has 0 fully saturated rings. The van der Waals surface area contributed by atoms with Crippen LogP contribution in [0.15, 0.2) is 5.16 Å². The highest BCUT2D eigenvalue weighted by atomic mass is 16.7. The summed E-state index contributed by atoms with van der Waals surface area (Å²) in [6.45, 7) is 7.33. The Hall–Kier alpha value is -1.72. The Morgan fingerprint density at radius 3 is 2.30 bits per heavy atom. The van der Waals surface area contributed by atoms with Crippen molar-refractivity contribution >= 4 is 23.4 Å². The van der Waals surface area contributed by atoms with Crippen molar-refractivity contribution in [3.05, 3.63) is 0 Å². The molecule has 23 heavy (non-hydrogen) atoms. The summed E-state index contributed by atoms with van der Waals surface area (Å²) in [5.74, 6) is -2.12. The molecule has 1 atom stereocenters. The van der Waals surface area contributed by atoms with Crippen molar-refractivity contribution in [2.75, 3.05) is 0 Å². The van der Waals surface area contributed by atoms with E-state index in [1.807, 2.05) is 0 Å². The number of unbranched alkanes of at least 4 members (excludes halogenated alkanes) is 5. The van der Waals surface area contributed by atoms with Gasteiger partial charge in [0, 0.05) is 6.42 Å². The Kier molecular flexibility index (Phi) is 7.39. The Bertz CT molecular complexity index is 485. The number of nitrogens with zero attached hydrogens (tertiary/aromatic N) is 1. The highest BCUT2D eigenvalue weighted by Crippen LogP contribution is 2.26. The summed E-state index contributed by atoms with van der Waals surface area (Å²) in [7, 11) is 0. The minimum absolute atomic E-state index is 0.206. The molecular weight excluding hydrogens is 296 g/mol. The number of oxime groups is 1. The van der Waals surface area contributed by atoms with E-state index in [4.69, 9.17) is 0 Å². The van der Waals surface area contributed by atoms with Gasteiger partial charge in [-0.05, 0) is 19.3 Å². The molecule has 6 nitrogen and oxygen atoms in total. The lowest BCUT2D eigenvalue weighted by Crippen LogP contribution is -2.61. The smallest absolute Gasteiger partial charge is 0.329 e. The van der Waals surface area contributed by atoms with Gasteiger partial charge in [-0.2, -0.15) is 0 Å². The second kappa shape index (κ2) is 8.79. The molecule has 1 unspecified atom stereocenters. The molecule has 130 valence electrons. The third-order valence-corrected chi connectivity index (χ3v) is 4.35. The molecule has 0 aromatic heterocycles. The van der Waals surface area contributed by atoms with Gasteiger partial charge in [-0.3, -0.25) is 9.59 Å². The number of rotatable bonds is 10. The first-order valence-corrected chi connectivity index (χ1v) is 8.48. The van der Waals surface area contributed by atoms with Crippen molar-refractivity contribution in [3.8, 4) is 0 Å². The van der Waals surface area contributed by atoms with E-state index in [0.29, 0.717) is 12.1 Å². The molecule has 1 rings (SSSR count). The van der Waals surface area contributed by atoms with Gasteiger partial charge in [-0.1, -0.05) is 58.0 Å². The van der Waals surface area contributed by atoms with Gasteiger partial charge in [-0.15, -0.1) is 0 Å². The standard InChI is InChI=1S/C17H28N2O4/c1-5-6-7-8-9-10-11-14(20)15(21)18-17(12(2)3)13(4)19-23-16(17)22/h12H,5-11H2,1-4H3,(H,18,21). The van der Waals surface area contributed by atoms with Gasteiger partial charge < -0.3 is 10.2 Å². The number of ketones is 1. The van der Waals surface area contributed by atoms with Crippen molar-refractivity contribution in [2.24, 2.45) is 11.1 Å². The number of hydrogen-bond acceptors (Lipinski definition) is 5. The summed E-state index contributed by atoms with van der Waals surface area (Å²) in [6.07, 6.45) is 6.46. The van der Waals surface area contributed by atoms with Gasteiger partial charge >= 0.3 is 5.97 Å². The number of amides is 1. The molecule has 0 bridgehead atoms. The lowest BCUT2D eigenvalue weighted by molar-refractivity contribution is -0.150. The Morgan fingerprint density at radius 2 is 1.78 bits per heavy atom. The van der Waals surface area contributed by atoms with Crippen molar-refractivity contribution in [1.29, 1.82) is 0 Å². The number of nitrogens with one attached hydrogen (secondary N) is 1. The van der Waals surface area contributed by atoms with Crippen LogP contribution in [0, 0.1) is 5.92 Å². The second-order valence-electron chi connectivity index (χ2n) is 6.41. The minimum Gasteiger partial charge on any atom is -0.329 e. The zero-order valence-electron chi connectivity index (χ0n) is 14.6. The molecule has 1 amide bonds. The average Bonchev–Trinajstić information content (AvgIpc) is 2.79. The summed E-state index contributed by atoms with van der Waals surface area (Å²) in [5.41, 5.74) is -0.952. The van der Waals surface area contributed by atoms with Crippen LogP contribution < -0.4 is 5.32 Å². The minimum atomic E-state index is -1.33. The SMILES string of the molecule is CCCCCCCCC(=O)C(=O)NC1(C(C)C)C(=O)ON=C1C. The number of hydrogen-bond donors (Lipinski definition) is 1. The summed E-state index contributed by atoms with van der Waals surface area (Å²) in [5, 5.41) is 6.21. The lowest BCUT2D eigenvalue weighted by Gasteiger charge is -2.29. The summed E-state index contributed by atoms with van der Waals surface area (Å²) < 4.78 is 0. The summed E-state index contributed by atoms with van der Waals surface area (Å²) in [4.78, 5) is 40.8. The quantitative estimate of drug-likeness (QED) is 0.380. The average molecular weight is 324 g/mol. The van der Waals surface area contributed by atoms with E-state index in [1.54, 1.807) is 20.8 Å². The van der Waals surface area contributed by atoms with Crippen LogP contribution in [-0.2, 0) is 19.2 Å². The molecule has 0 saturated carbocycles. The van der Waals surface area contributed by atoms with Crippen molar-refractivity contribution < 1.29 is 19.2 Å². The molecule has 1 aliphatic rings. The van der Waals surface area contributed by atoms with Crippen LogP contribution in [0.3, 0.4) is 0 Å². The van der Waals surface area contributed by atoms with Crippen molar-refractivity contribution in [1.82, 2.24) is 5.32 Å². The van der Waals surface area contributed by atoms with Crippen molar-refractivity contribution in [3.63, 3.8) is 0 Å². The molecule has 0 aromatic rings. The predicted octanol–water partition coefficient (Wildman–Crippen LogP) is 2.75. The van der Waals surface area contributed by atoms with E-state index >= 15 is 0 Å². The fourth-order valence-corrected chi connectivity index (χ4v) is 2.77. The normalized spacial score (nSPS) is 20.4. The molecule has 0 aliphatic carbocycles. The Morgan fingerprint density at radius 1 is 1.17 bits per heavy atom. The van der Waals surface area contributed by atoms with E-state index in [-0.39, 0.29) is 12.3 Å². The Labute approximate surface area is 138 Å². The topological polar surface area (TPSA) is 84.8 Å². The van der Waals surface area contributed by atoms with Gasteiger partial charge in [0.05, 0.1) is 5.71 Å². The molecular formula is C17H28N2O4. The molecule has 1 aliphatic heterocycles. The predicted molar refractivity (Wildman–Crippen MR) is 87.9 cm³/mol. The zero-order valence-corrected chi connectivity index (χ0v) is 14.6. The summed E-state index contributed by atoms with van der Waals surface area (Å²) in [6, 6.07) is 0. The van der Waals surface area contributed by atoms with Gasteiger partial charge in [0.15, 0.2) is 5.54 Å². The van der Waals surface area contributed by atoms with Gasteiger partial charge in [0.25, 0.3) is 5.91 Å². The fourth-order valence-electron chi connectivity index (χ4n) is 2.77. The van der Waals surface area contributed by atoms with Gasteiger partial charge in [-0.25, -0.2) is 4.79 Å². The van der Waals surface area contributed by atoms with Crippen LogP contribution >= 0.6 is 0 Å². The van der Waals surface area contributed by atoms with Crippen molar-refractivity contribution in [2.45, 2.75) is 78.2 Å². The van der Waals surface area contributed by atoms with Crippen LogP contribution in [0.25, 0.3) is 0 Å². The van der Waals surface area contributed by atoms with E-state index in [2.05, 4.69) is 22.2 Å². The van der Waals surface area contributed by atoms with Gasteiger partial charge in [0.2, 0.25) is 5.78 Å². The van der Waals surface area contributed by atoms with Crippen LogP contribution in [0.4, 0.5) is 0 Å². The maximum Gasteiger partial charge on any atom is 0.366 e. The fraction of sp³-hybridized carbons (Fsp3) is 0.765. The monoisotopic (exact) mass is 324 g/mol. The molecule has 0 saturated heterocycles. The second-order valence-corrected chi connectivity index (χ2v) is 6.41. The maximum atomic E-state index is 12.1. The number of carbonyl (C=O) groups is 3. The van der Waals surface area contributed by atoms with Crippen LogP contribution in [0.2, 0.25) is 0 Å². The first kappa shape index (κ1) is 19.3. The number of Topliss-reactive ketones (excluding diaryl/α,β-unsaturated/α-hetero) is 1.